The van der Waals surface area contributed by atoms with Crippen LogP contribution in [0.3, 0.4) is 0 Å². The minimum absolute atomic E-state index is 0.00254. The third kappa shape index (κ3) is 4.41. The largest absolute Gasteiger partial charge is 0.465 e. The number of benzene rings is 2. The summed E-state index contributed by atoms with van der Waals surface area (Å²) in [6, 6.07) is 11.3. The van der Waals surface area contributed by atoms with Crippen molar-refractivity contribution in [2.75, 3.05) is 17.8 Å². The Balaban J connectivity index is 1.63. The van der Waals surface area contributed by atoms with Crippen molar-refractivity contribution in [3.8, 4) is 0 Å². The summed E-state index contributed by atoms with van der Waals surface area (Å²) in [4.78, 5) is 15.1. The van der Waals surface area contributed by atoms with Gasteiger partial charge in [-0.15, -0.1) is 0 Å². The normalized spacial score (nSPS) is 19.9. The molecule has 1 aliphatic rings. The Kier molecular flexibility index (Phi) is 6.07. The number of fused-ring (bicyclic) bond motifs is 1. The molecule has 2 heterocycles. The van der Waals surface area contributed by atoms with E-state index >= 15 is 0 Å². The topological polar surface area (TPSA) is 103 Å². The molecule has 170 valence electrons. The lowest BCUT2D eigenvalue weighted by Gasteiger charge is -2.42. The fraction of sp³-hybridized carbons (Fsp3) is 0.318. The number of nitrogens with zero attached hydrogens (tertiary/aromatic N) is 2. The van der Waals surface area contributed by atoms with E-state index in [0.29, 0.717) is 30.9 Å². The van der Waals surface area contributed by atoms with Crippen LogP contribution in [0.4, 0.5) is 10.5 Å². The highest BCUT2D eigenvalue weighted by Gasteiger charge is 2.32. The highest BCUT2D eigenvalue weighted by molar-refractivity contribution is 7.92. The first kappa shape index (κ1) is 22.4. The Morgan fingerprint density at radius 1 is 1.19 bits per heavy atom. The second-order valence-electron chi connectivity index (χ2n) is 8.07. The van der Waals surface area contributed by atoms with Crippen molar-refractivity contribution < 1.29 is 22.7 Å². The molecule has 10 heteroatoms. The summed E-state index contributed by atoms with van der Waals surface area (Å²) >= 11 is 6.09. The first-order valence-corrected chi connectivity index (χ1v) is 12.0. The highest BCUT2D eigenvalue weighted by Crippen LogP contribution is 2.30. The van der Waals surface area contributed by atoms with Crippen molar-refractivity contribution in [3.05, 3.63) is 59.3 Å². The third-order valence-electron chi connectivity index (χ3n) is 5.74. The molecule has 0 bridgehead atoms. The van der Waals surface area contributed by atoms with Crippen molar-refractivity contribution >= 4 is 44.4 Å². The fourth-order valence-electron chi connectivity index (χ4n) is 4.11. The van der Waals surface area contributed by atoms with Gasteiger partial charge >= 0.3 is 6.09 Å². The lowest BCUT2D eigenvalue weighted by Crippen LogP contribution is -2.57. The first-order chi connectivity index (χ1) is 15.2. The zero-order chi connectivity index (χ0) is 23.0. The van der Waals surface area contributed by atoms with Crippen LogP contribution in [-0.4, -0.2) is 54.6 Å². The standard InChI is InChI=1S/C22H24ClN3O5S/c1-14-12-26(22(27)28)15(2)11-25(14)13-17-10-18(9-16-7-8-31-21(16)17)24-32(29,30)20-6-4-3-5-19(20)23/h3-10,14-15,24H,11-13H2,1-2H3,(H,27,28). The number of halogens is 1. The van der Waals surface area contributed by atoms with Crippen LogP contribution >= 0.6 is 11.6 Å². The molecule has 4 rings (SSSR count). The van der Waals surface area contributed by atoms with Crippen LogP contribution in [0, 0.1) is 0 Å². The Hall–Kier alpha value is -2.75. The lowest BCUT2D eigenvalue weighted by atomic mass is 10.1. The summed E-state index contributed by atoms with van der Waals surface area (Å²) in [5.41, 5.74) is 1.89. The smallest absolute Gasteiger partial charge is 0.407 e. The van der Waals surface area contributed by atoms with Crippen LogP contribution in [0.15, 0.2) is 58.0 Å². The maximum absolute atomic E-state index is 12.9. The second-order valence-corrected chi connectivity index (χ2v) is 10.1. The molecule has 1 saturated heterocycles. The zero-order valence-corrected chi connectivity index (χ0v) is 19.2. The molecule has 1 fully saturated rings. The average Bonchev–Trinajstić information content (AvgIpc) is 3.19. The summed E-state index contributed by atoms with van der Waals surface area (Å²) in [6.45, 7) is 5.31. The zero-order valence-electron chi connectivity index (χ0n) is 17.7. The molecule has 0 saturated carbocycles. The van der Waals surface area contributed by atoms with Crippen LogP contribution in [0.5, 0.6) is 0 Å². The van der Waals surface area contributed by atoms with Gasteiger partial charge in [0.25, 0.3) is 10.0 Å². The Morgan fingerprint density at radius 3 is 2.66 bits per heavy atom. The van der Waals surface area contributed by atoms with Gasteiger partial charge in [0.1, 0.15) is 10.5 Å². The Morgan fingerprint density at radius 2 is 1.94 bits per heavy atom. The molecule has 1 amide bonds. The second kappa shape index (κ2) is 8.65. The summed E-state index contributed by atoms with van der Waals surface area (Å²) in [5, 5.41) is 10.3. The molecule has 0 spiro atoms. The predicted octanol–water partition coefficient (Wildman–Crippen LogP) is 4.46. The minimum Gasteiger partial charge on any atom is -0.465 e. The number of sulfonamides is 1. The lowest BCUT2D eigenvalue weighted by molar-refractivity contribution is 0.0398. The third-order valence-corrected chi connectivity index (χ3v) is 7.62. The molecule has 32 heavy (non-hydrogen) atoms. The molecular weight excluding hydrogens is 454 g/mol. The number of anilines is 1. The minimum atomic E-state index is -3.88. The number of hydrogen-bond donors (Lipinski definition) is 2. The van der Waals surface area contributed by atoms with Gasteiger partial charge in [-0.2, -0.15) is 0 Å². The van der Waals surface area contributed by atoms with Gasteiger partial charge in [0, 0.05) is 42.7 Å². The highest BCUT2D eigenvalue weighted by atomic mass is 35.5. The number of furan rings is 1. The molecule has 1 aliphatic heterocycles. The number of piperazine rings is 1. The van der Waals surface area contributed by atoms with Crippen LogP contribution in [0.1, 0.15) is 19.4 Å². The predicted molar refractivity (Wildman–Crippen MR) is 123 cm³/mol. The molecule has 3 aromatic rings. The van der Waals surface area contributed by atoms with Crippen molar-refractivity contribution in [1.82, 2.24) is 9.80 Å². The number of carbonyl (C=O) groups is 1. The molecule has 0 aliphatic carbocycles. The average molecular weight is 478 g/mol. The number of amides is 1. The van der Waals surface area contributed by atoms with Crippen LogP contribution < -0.4 is 4.72 Å². The van der Waals surface area contributed by atoms with Crippen LogP contribution in [0.25, 0.3) is 11.0 Å². The monoisotopic (exact) mass is 477 g/mol. The molecule has 2 unspecified atom stereocenters. The van der Waals surface area contributed by atoms with Gasteiger partial charge in [-0.1, -0.05) is 23.7 Å². The maximum Gasteiger partial charge on any atom is 0.407 e. The number of nitrogens with one attached hydrogen (secondary N) is 1. The van der Waals surface area contributed by atoms with Crippen molar-refractivity contribution in [1.29, 1.82) is 0 Å². The summed E-state index contributed by atoms with van der Waals surface area (Å²) in [5.74, 6) is 0. The van der Waals surface area contributed by atoms with E-state index in [0.717, 1.165) is 10.9 Å². The molecular formula is C22H24ClN3O5S. The van der Waals surface area contributed by atoms with E-state index in [4.69, 9.17) is 16.0 Å². The molecule has 0 radical (unpaired) electrons. The van der Waals surface area contributed by atoms with Crippen molar-refractivity contribution in [2.45, 2.75) is 37.4 Å². The molecule has 2 atom stereocenters. The molecule has 8 nitrogen and oxygen atoms in total. The molecule has 2 N–H and O–H groups in total. The van der Waals surface area contributed by atoms with Gasteiger partial charge in [0.2, 0.25) is 0 Å². The Labute approximate surface area is 191 Å². The Bertz CT molecular complexity index is 1260. The van der Waals surface area contributed by atoms with E-state index in [9.17, 15) is 18.3 Å². The summed E-state index contributed by atoms with van der Waals surface area (Å²) in [7, 11) is -3.88. The van der Waals surface area contributed by atoms with Crippen molar-refractivity contribution in [3.63, 3.8) is 0 Å². The van der Waals surface area contributed by atoms with Gasteiger partial charge in [-0.05, 0) is 44.2 Å². The summed E-state index contributed by atoms with van der Waals surface area (Å²) in [6.07, 6.45) is 0.642. The van der Waals surface area contributed by atoms with Crippen LogP contribution in [-0.2, 0) is 16.6 Å². The quantitative estimate of drug-likeness (QED) is 0.562. The van der Waals surface area contributed by atoms with Gasteiger partial charge < -0.3 is 14.4 Å². The van der Waals surface area contributed by atoms with E-state index in [1.165, 1.54) is 17.0 Å². The number of hydrogen-bond acceptors (Lipinski definition) is 5. The van der Waals surface area contributed by atoms with Gasteiger partial charge in [0.05, 0.1) is 17.0 Å². The maximum atomic E-state index is 12.9. The van der Waals surface area contributed by atoms with Gasteiger partial charge in [-0.3, -0.25) is 9.62 Å². The molecule has 1 aromatic heterocycles. The van der Waals surface area contributed by atoms with E-state index in [1.807, 2.05) is 13.8 Å². The first-order valence-electron chi connectivity index (χ1n) is 10.2. The van der Waals surface area contributed by atoms with Crippen LogP contribution in [0.2, 0.25) is 5.02 Å². The summed E-state index contributed by atoms with van der Waals surface area (Å²) < 4.78 is 34.1. The molecule has 2 aromatic carbocycles. The van der Waals surface area contributed by atoms with Gasteiger partial charge in [0.15, 0.2) is 0 Å². The van der Waals surface area contributed by atoms with E-state index in [1.54, 1.807) is 36.6 Å². The number of carboxylic acid groups (broad SMARTS) is 1. The van der Waals surface area contributed by atoms with E-state index < -0.39 is 16.1 Å². The van der Waals surface area contributed by atoms with E-state index in [2.05, 4.69) is 9.62 Å². The fourth-order valence-corrected chi connectivity index (χ4v) is 5.67. The number of rotatable bonds is 5. The van der Waals surface area contributed by atoms with E-state index in [-0.39, 0.29) is 22.0 Å². The van der Waals surface area contributed by atoms with Crippen molar-refractivity contribution in [2.24, 2.45) is 0 Å². The van der Waals surface area contributed by atoms with Gasteiger partial charge in [-0.25, -0.2) is 13.2 Å². The SMILES string of the molecule is CC1CN(C(=O)O)C(C)CN1Cc1cc(NS(=O)(=O)c2ccccc2Cl)cc2ccoc12.